The summed E-state index contributed by atoms with van der Waals surface area (Å²) in [5, 5.41) is 15.9. The van der Waals surface area contributed by atoms with Gasteiger partial charge in [-0.25, -0.2) is 0 Å². The van der Waals surface area contributed by atoms with Crippen LogP contribution >= 0.6 is 17.2 Å². The van der Waals surface area contributed by atoms with Gasteiger partial charge in [0.15, 0.2) is 0 Å². The minimum Gasteiger partial charge on any atom is -0.314 e. The van der Waals surface area contributed by atoms with Gasteiger partial charge in [-0.15, -0.1) is 9.24 Å². The van der Waals surface area contributed by atoms with Gasteiger partial charge in [0, 0.05) is 56.0 Å². The summed E-state index contributed by atoms with van der Waals surface area (Å²) in [6, 6.07) is 28.6. The first-order valence-corrected chi connectivity index (χ1v) is 24.4. The van der Waals surface area contributed by atoms with Gasteiger partial charge in [0.25, 0.3) is 0 Å². The average Bonchev–Trinajstić information content (AvgIpc) is 3.19. The lowest BCUT2D eigenvalue weighted by Crippen LogP contribution is -2.64. The zero-order valence-corrected chi connectivity index (χ0v) is 34.6. The zero-order chi connectivity index (χ0) is 35.9. The summed E-state index contributed by atoms with van der Waals surface area (Å²) in [5.41, 5.74) is 9.87. The van der Waals surface area contributed by atoms with Crippen LogP contribution in [0.2, 0.25) is 0 Å². The van der Waals surface area contributed by atoms with Crippen LogP contribution in [-0.4, -0.2) is 50.8 Å². The van der Waals surface area contributed by atoms with Gasteiger partial charge in [0.1, 0.15) is 0 Å². The van der Waals surface area contributed by atoms with Crippen LogP contribution in [0.25, 0.3) is 22.3 Å². The molecule has 2 heterocycles. The molecule has 54 heavy (non-hydrogen) atoms. The molecule has 2 saturated heterocycles. The van der Waals surface area contributed by atoms with Crippen molar-refractivity contribution in [3.8, 4) is 22.3 Å². The maximum atomic E-state index is 4.09. The first-order valence-electron chi connectivity index (χ1n) is 22.2. The molecule has 0 radical (unpaired) electrons. The van der Waals surface area contributed by atoms with Crippen LogP contribution in [-0.2, 0) is 11.3 Å². The molecule has 0 aromatic heterocycles. The number of benzene rings is 3. The van der Waals surface area contributed by atoms with Gasteiger partial charge in [0.05, 0.1) is 0 Å². The van der Waals surface area contributed by atoms with E-state index >= 15 is 0 Å². The van der Waals surface area contributed by atoms with Crippen LogP contribution < -0.4 is 21.3 Å². The highest BCUT2D eigenvalue weighted by atomic mass is 31.1. The summed E-state index contributed by atoms with van der Waals surface area (Å²) in [6.45, 7) is 6.49. The van der Waals surface area contributed by atoms with Gasteiger partial charge in [-0.2, -0.15) is 0 Å². The Morgan fingerprint density at radius 2 is 0.963 bits per heavy atom. The third-order valence-corrected chi connectivity index (χ3v) is 21.4. The maximum absolute atomic E-state index is 4.09. The van der Waals surface area contributed by atoms with E-state index in [1.807, 2.05) is 0 Å². The Hall–Kier alpha value is -1.64. The molecule has 6 heteroatoms. The molecule has 0 spiro atoms. The molecule has 8 bridgehead atoms. The Labute approximate surface area is 328 Å². The standard InChI is InChI=1S/C48H64N4P2/c53-48(46-23-32-15-33(24-46)17-34(16-32)25-46,47-26-35-18-36(27-47)20-37(19-35)28-47)43-22-42(39-9-5-2-6-10-39)41(38-7-3-1-4-8-38)21-40(43)31-54(44-29-49-11-13-51-44)45-30-50-12-14-52-45/h1-10,21-22,32-37,44-45,49-52H,11-20,23-31,53H2. The third kappa shape index (κ3) is 5.89. The Balaban J connectivity index is 1.16. The summed E-state index contributed by atoms with van der Waals surface area (Å²) >= 11 is 0. The predicted molar refractivity (Wildman–Crippen MR) is 230 cm³/mol. The minimum absolute atomic E-state index is 0.0948. The molecule has 0 amide bonds. The molecule has 13 rings (SSSR count). The lowest BCUT2D eigenvalue weighted by molar-refractivity contribution is -0.158. The van der Waals surface area contributed by atoms with Crippen molar-refractivity contribution in [3.63, 3.8) is 0 Å². The van der Waals surface area contributed by atoms with Crippen molar-refractivity contribution in [2.75, 3.05) is 39.3 Å². The van der Waals surface area contributed by atoms with Crippen LogP contribution in [0.1, 0.15) is 88.2 Å². The lowest BCUT2D eigenvalue weighted by atomic mass is 9.37. The summed E-state index contributed by atoms with van der Waals surface area (Å²) in [4.78, 5) is 0. The second-order valence-electron chi connectivity index (χ2n) is 20.0. The molecular weight excluding hydrogens is 695 g/mol. The second kappa shape index (κ2) is 14.0. The highest BCUT2D eigenvalue weighted by Crippen LogP contribution is 2.78. The minimum atomic E-state index is -0.405. The van der Waals surface area contributed by atoms with Crippen molar-refractivity contribution < 1.29 is 0 Å². The molecule has 4 nitrogen and oxygen atoms in total. The second-order valence-corrected chi connectivity index (χ2v) is 23.5. The average molecular weight is 759 g/mol. The Morgan fingerprint density at radius 3 is 1.35 bits per heavy atom. The SMILES string of the molecule is PC(c1cc(-c2ccccc2)c(-c2ccccc2)cc1CP(C1CNCCN1)C1CNCCN1)(C12CC3CC(CC(C3)C1)C2)C12CC3CC(CC(C3)C1)C2. The highest BCUT2D eigenvalue weighted by molar-refractivity contribution is 7.58. The monoisotopic (exact) mass is 758 g/mol. The summed E-state index contributed by atoms with van der Waals surface area (Å²) in [6.07, 6.45) is 19.1. The van der Waals surface area contributed by atoms with Crippen LogP contribution in [0.15, 0.2) is 72.8 Å². The van der Waals surface area contributed by atoms with Crippen molar-refractivity contribution in [1.82, 2.24) is 21.3 Å². The van der Waals surface area contributed by atoms with Crippen LogP contribution in [0.3, 0.4) is 0 Å². The summed E-state index contributed by atoms with van der Waals surface area (Å²) in [7, 11) is 3.57. The topological polar surface area (TPSA) is 48.1 Å². The van der Waals surface area contributed by atoms with Crippen molar-refractivity contribution in [3.05, 3.63) is 83.9 Å². The molecular formula is C48H64N4P2. The van der Waals surface area contributed by atoms with Gasteiger partial charge >= 0.3 is 0 Å². The van der Waals surface area contributed by atoms with E-state index < -0.39 is 7.92 Å². The largest absolute Gasteiger partial charge is 0.314 e. The molecule has 286 valence electrons. The van der Waals surface area contributed by atoms with E-state index in [1.165, 1.54) is 105 Å². The van der Waals surface area contributed by atoms with Crippen LogP contribution in [0.5, 0.6) is 0 Å². The van der Waals surface area contributed by atoms with Crippen molar-refractivity contribution in [2.24, 2.45) is 46.3 Å². The molecule has 10 aliphatic rings. The van der Waals surface area contributed by atoms with E-state index in [0.717, 1.165) is 74.8 Å². The van der Waals surface area contributed by atoms with Gasteiger partial charge in [-0.3, -0.25) is 0 Å². The van der Waals surface area contributed by atoms with E-state index in [-0.39, 0.29) is 5.16 Å². The molecule has 8 saturated carbocycles. The molecule has 2 aliphatic heterocycles. The van der Waals surface area contributed by atoms with Crippen LogP contribution in [0.4, 0.5) is 0 Å². The highest BCUT2D eigenvalue weighted by Gasteiger charge is 2.69. The normalized spacial score (nSPS) is 39.7. The molecule has 3 aromatic rings. The number of piperazine rings is 2. The summed E-state index contributed by atoms with van der Waals surface area (Å²) < 4.78 is 0. The Kier molecular flexibility index (Phi) is 9.23. The first-order chi connectivity index (χ1) is 26.5. The fourth-order valence-corrected chi connectivity index (χ4v) is 19.5. The van der Waals surface area contributed by atoms with Gasteiger partial charge in [-0.1, -0.05) is 68.6 Å². The van der Waals surface area contributed by atoms with Gasteiger partial charge < -0.3 is 21.3 Å². The quantitative estimate of drug-likeness (QED) is 0.164. The smallest absolute Gasteiger partial charge is 0.0413 e. The molecule has 3 aromatic carbocycles. The van der Waals surface area contributed by atoms with Gasteiger partial charge in [0.2, 0.25) is 0 Å². The molecule has 3 unspecified atom stereocenters. The van der Waals surface area contributed by atoms with Crippen molar-refractivity contribution in [2.45, 2.75) is 99.9 Å². The predicted octanol–water partition coefficient (Wildman–Crippen LogP) is 9.54. The number of rotatable bonds is 9. The fraction of sp³-hybridized carbons (Fsp3) is 0.625. The van der Waals surface area contributed by atoms with Crippen molar-refractivity contribution >= 4 is 17.2 Å². The molecule has 10 fully saturated rings. The number of hydrogen-bond acceptors (Lipinski definition) is 4. The van der Waals surface area contributed by atoms with Gasteiger partial charge in [-0.05, 0) is 175 Å². The van der Waals surface area contributed by atoms with Crippen molar-refractivity contribution in [1.29, 1.82) is 0 Å². The molecule has 4 N–H and O–H groups in total. The Morgan fingerprint density at radius 1 is 0.556 bits per heavy atom. The molecule has 3 atom stereocenters. The first kappa shape index (κ1) is 35.5. The maximum Gasteiger partial charge on any atom is 0.0413 e. The summed E-state index contributed by atoms with van der Waals surface area (Å²) in [5.74, 6) is 6.69. The van der Waals surface area contributed by atoms with E-state index in [0.29, 0.717) is 22.4 Å². The Bertz CT molecular complexity index is 1680. The van der Waals surface area contributed by atoms with Crippen LogP contribution in [0, 0.1) is 46.3 Å². The number of hydrogen-bond donors (Lipinski definition) is 4. The van der Waals surface area contributed by atoms with E-state index in [1.54, 1.807) is 11.1 Å². The van der Waals surface area contributed by atoms with E-state index in [2.05, 4.69) is 103 Å². The lowest BCUT2D eigenvalue weighted by Gasteiger charge is -2.72. The fourth-order valence-electron chi connectivity index (χ4n) is 15.6. The third-order valence-electron chi connectivity index (χ3n) is 16.8. The molecule has 8 aliphatic carbocycles. The van der Waals surface area contributed by atoms with E-state index in [4.69, 9.17) is 0 Å². The van der Waals surface area contributed by atoms with E-state index in [9.17, 15) is 0 Å². The number of nitrogens with one attached hydrogen (secondary N) is 4. The zero-order valence-electron chi connectivity index (χ0n) is 32.5.